The van der Waals surface area contributed by atoms with Gasteiger partial charge in [0.1, 0.15) is 23.8 Å². The highest BCUT2D eigenvalue weighted by molar-refractivity contribution is 6.32. The van der Waals surface area contributed by atoms with Crippen molar-refractivity contribution in [3.05, 3.63) is 95.7 Å². The van der Waals surface area contributed by atoms with Gasteiger partial charge in [-0.1, -0.05) is 12.1 Å². The summed E-state index contributed by atoms with van der Waals surface area (Å²) >= 11 is 0. The molecule has 33 heavy (non-hydrogen) atoms. The second kappa shape index (κ2) is 7.92. The molecular formula is C26H20N4O3. The number of nitriles is 1. The van der Waals surface area contributed by atoms with Crippen LogP contribution in [0, 0.1) is 11.3 Å². The number of hydrogen-bond acceptors (Lipinski definition) is 6. The number of ketones is 1. The van der Waals surface area contributed by atoms with Crippen LogP contribution < -0.4 is 4.74 Å². The second-order valence-electron chi connectivity index (χ2n) is 8.22. The van der Waals surface area contributed by atoms with Crippen LogP contribution in [0.5, 0.6) is 5.75 Å². The number of Topliss-reactive ketones (excluding diaryl/α,β-unsaturated/α-hetero) is 1. The van der Waals surface area contributed by atoms with E-state index in [1.807, 2.05) is 47.0 Å². The standard InChI is InChI=1S/C26H20N4O3/c1-26(2)25(31)23(24(33-26)19-7-10-28-11-8-19)18-3-5-21(6-4-18)32-16-20-15-30-12-9-17(14-27)13-22(30)29-20/h3-13,15H,16H2,1-2H3. The van der Waals surface area contributed by atoms with E-state index in [1.165, 1.54) is 0 Å². The summed E-state index contributed by atoms with van der Waals surface area (Å²) < 4.78 is 13.8. The van der Waals surface area contributed by atoms with E-state index in [1.54, 1.807) is 44.6 Å². The van der Waals surface area contributed by atoms with Crippen LogP contribution in [0.15, 0.2) is 73.3 Å². The third-order valence-corrected chi connectivity index (χ3v) is 5.47. The first-order chi connectivity index (χ1) is 15.9. The van der Waals surface area contributed by atoms with E-state index in [-0.39, 0.29) is 12.4 Å². The Bertz CT molecular complexity index is 1430. The van der Waals surface area contributed by atoms with Crippen LogP contribution in [-0.2, 0) is 16.1 Å². The average molecular weight is 436 g/mol. The van der Waals surface area contributed by atoms with Crippen molar-refractivity contribution in [2.45, 2.75) is 26.1 Å². The zero-order valence-electron chi connectivity index (χ0n) is 18.1. The number of imidazole rings is 1. The van der Waals surface area contributed by atoms with Crippen molar-refractivity contribution >= 4 is 22.8 Å². The highest BCUT2D eigenvalue weighted by Crippen LogP contribution is 2.41. The zero-order valence-corrected chi connectivity index (χ0v) is 18.1. The monoisotopic (exact) mass is 436 g/mol. The fourth-order valence-corrected chi connectivity index (χ4v) is 3.77. The Morgan fingerprint density at radius 1 is 1.09 bits per heavy atom. The Labute approximate surface area is 190 Å². The third kappa shape index (κ3) is 3.83. The van der Waals surface area contributed by atoms with Gasteiger partial charge in [0.15, 0.2) is 5.60 Å². The zero-order chi connectivity index (χ0) is 23.0. The molecule has 0 spiro atoms. The van der Waals surface area contributed by atoms with Gasteiger partial charge in [-0.15, -0.1) is 0 Å². The minimum Gasteiger partial charge on any atom is -0.487 e. The SMILES string of the molecule is CC1(C)OC(c2ccncc2)=C(c2ccc(OCc3cn4ccc(C#N)cc4n3)cc2)C1=O. The van der Waals surface area contributed by atoms with Crippen molar-refractivity contribution in [1.82, 2.24) is 14.4 Å². The normalized spacial score (nSPS) is 14.9. The Balaban J connectivity index is 1.38. The van der Waals surface area contributed by atoms with Crippen LogP contribution >= 0.6 is 0 Å². The van der Waals surface area contributed by atoms with Crippen LogP contribution in [-0.4, -0.2) is 25.8 Å². The Hall–Kier alpha value is -4.44. The lowest BCUT2D eigenvalue weighted by molar-refractivity contribution is -0.125. The van der Waals surface area contributed by atoms with Gasteiger partial charge in [0.25, 0.3) is 0 Å². The lowest BCUT2D eigenvalue weighted by atomic mass is 9.93. The van der Waals surface area contributed by atoms with Gasteiger partial charge in [0.2, 0.25) is 5.78 Å². The minimum absolute atomic E-state index is 0.0654. The molecule has 7 nitrogen and oxygen atoms in total. The first-order valence-corrected chi connectivity index (χ1v) is 10.4. The molecule has 4 heterocycles. The summed E-state index contributed by atoms with van der Waals surface area (Å²) in [4.78, 5) is 21.6. The number of nitrogens with zero attached hydrogens (tertiary/aromatic N) is 4. The summed E-state index contributed by atoms with van der Waals surface area (Å²) in [6.07, 6.45) is 7.02. The molecule has 0 fully saturated rings. The molecule has 3 aromatic heterocycles. The maximum Gasteiger partial charge on any atom is 0.210 e. The number of rotatable bonds is 5. The largest absolute Gasteiger partial charge is 0.487 e. The van der Waals surface area contributed by atoms with Crippen molar-refractivity contribution in [1.29, 1.82) is 5.26 Å². The number of fused-ring (bicyclic) bond motifs is 1. The summed E-state index contributed by atoms with van der Waals surface area (Å²) in [7, 11) is 0. The quantitative estimate of drug-likeness (QED) is 0.460. The Morgan fingerprint density at radius 3 is 2.58 bits per heavy atom. The summed E-state index contributed by atoms with van der Waals surface area (Å²) in [5, 5.41) is 9.04. The van der Waals surface area contributed by atoms with Gasteiger partial charge in [0, 0.05) is 30.4 Å². The van der Waals surface area contributed by atoms with Gasteiger partial charge in [-0.05, 0) is 55.8 Å². The van der Waals surface area contributed by atoms with Crippen molar-refractivity contribution in [2.75, 3.05) is 0 Å². The van der Waals surface area contributed by atoms with E-state index in [4.69, 9.17) is 14.7 Å². The number of hydrogen-bond donors (Lipinski definition) is 0. The molecule has 0 unspecified atom stereocenters. The van der Waals surface area contributed by atoms with Crippen LogP contribution in [0.2, 0.25) is 0 Å². The van der Waals surface area contributed by atoms with E-state index in [0.29, 0.717) is 28.3 Å². The number of carbonyl (C=O) groups is 1. The molecule has 0 amide bonds. The molecule has 1 aliphatic rings. The van der Waals surface area contributed by atoms with Gasteiger partial charge in [0.05, 0.1) is 22.9 Å². The molecule has 0 N–H and O–H groups in total. The topological polar surface area (TPSA) is 89.5 Å². The van der Waals surface area contributed by atoms with Crippen LogP contribution in [0.3, 0.4) is 0 Å². The van der Waals surface area contributed by atoms with Crippen molar-refractivity contribution in [3.8, 4) is 11.8 Å². The molecule has 1 aliphatic heterocycles. The molecule has 0 aliphatic carbocycles. The van der Waals surface area contributed by atoms with Gasteiger partial charge >= 0.3 is 0 Å². The Kier molecular flexibility index (Phi) is 4.91. The van der Waals surface area contributed by atoms with Crippen LogP contribution in [0.1, 0.15) is 36.2 Å². The molecule has 1 aromatic carbocycles. The van der Waals surface area contributed by atoms with E-state index >= 15 is 0 Å². The van der Waals surface area contributed by atoms with Crippen molar-refractivity contribution < 1.29 is 14.3 Å². The number of aromatic nitrogens is 3. The van der Waals surface area contributed by atoms with Gasteiger partial charge in [-0.3, -0.25) is 9.78 Å². The fraction of sp³-hybridized carbons (Fsp3) is 0.154. The first kappa shape index (κ1) is 20.5. The van der Waals surface area contributed by atoms with Gasteiger partial charge in [-0.2, -0.15) is 5.26 Å². The summed E-state index contributed by atoms with van der Waals surface area (Å²) in [6.45, 7) is 3.83. The highest BCUT2D eigenvalue weighted by Gasteiger charge is 2.42. The maximum atomic E-state index is 13.1. The Morgan fingerprint density at radius 2 is 1.85 bits per heavy atom. The molecule has 0 bridgehead atoms. The molecule has 0 saturated heterocycles. The predicted molar refractivity (Wildman–Crippen MR) is 122 cm³/mol. The molecule has 5 rings (SSSR count). The van der Waals surface area contributed by atoms with E-state index in [9.17, 15) is 4.79 Å². The second-order valence-corrected chi connectivity index (χ2v) is 8.22. The predicted octanol–water partition coefficient (Wildman–Crippen LogP) is 4.43. The molecule has 4 aromatic rings. The fourth-order valence-electron chi connectivity index (χ4n) is 3.77. The van der Waals surface area contributed by atoms with Gasteiger partial charge in [-0.25, -0.2) is 4.98 Å². The lowest BCUT2D eigenvalue weighted by Gasteiger charge is -2.17. The molecule has 7 heteroatoms. The van der Waals surface area contributed by atoms with E-state index < -0.39 is 5.60 Å². The maximum absolute atomic E-state index is 13.1. The summed E-state index contributed by atoms with van der Waals surface area (Å²) in [5.41, 5.74) is 3.19. The number of benzene rings is 1. The highest BCUT2D eigenvalue weighted by atomic mass is 16.5. The summed E-state index contributed by atoms with van der Waals surface area (Å²) in [5.74, 6) is 1.15. The van der Waals surface area contributed by atoms with E-state index in [0.717, 1.165) is 16.8 Å². The number of ether oxygens (including phenoxy) is 2. The number of pyridine rings is 2. The lowest BCUT2D eigenvalue weighted by Crippen LogP contribution is -2.29. The van der Waals surface area contributed by atoms with E-state index in [2.05, 4.69) is 16.0 Å². The molecule has 0 saturated carbocycles. The minimum atomic E-state index is -0.933. The third-order valence-electron chi connectivity index (χ3n) is 5.47. The first-order valence-electron chi connectivity index (χ1n) is 10.4. The van der Waals surface area contributed by atoms with Gasteiger partial charge < -0.3 is 13.9 Å². The molecule has 162 valence electrons. The van der Waals surface area contributed by atoms with Crippen LogP contribution in [0.25, 0.3) is 17.0 Å². The molecular weight excluding hydrogens is 416 g/mol. The average Bonchev–Trinajstić information content (AvgIpc) is 3.35. The molecule has 0 atom stereocenters. The number of carbonyl (C=O) groups excluding carboxylic acids is 1. The van der Waals surface area contributed by atoms with Crippen LogP contribution in [0.4, 0.5) is 0 Å². The van der Waals surface area contributed by atoms with Crippen molar-refractivity contribution in [2.24, 2.45) is 0 Å². The summed E-state index contributed by atoms with van der Waals surface area (Å²) in [6, 6.07) is 16.6. The smallest absolute Gasteiger partial charge is 0.210 e. The molecule has 0 radical (unpaired) electrons. The van der Waals surface area contributed by atoms with Crippen molar-refractivity contribution in [3.63, 3.8) is 0 Å².